The quantitative estimate of drug-likeness (QED) is 0.0570. The number of hydrogen-bond donors (Lipinski definition) is 14. The molecule has 0 aromatic heterocycles. The highest BCUT2D eigenvalue weighted by atomic mass is 32.1. The largest absolute Gasteiger partial charge is 0.394 e. The molecule has 11 unspecified atom stereocenters. The number of hydrogen-bond acceptors (Lipinski definition) is 19. The van der Waals surface area contributed by atoms with Crippen LogP contribution < -0.4 is 5.32 Å². The first kappa shape index (κ1) is 58.5. The molecule has 310 valence electrons. The second-order valence-electron chi connectivity index (χ2n) is 11.4. The van der Waals surface area contributed by atoms with Crippen LogP contribution >= 0.6 is 81.0 Å². The number of carbonyl (C=O) groups is 1. The van der Waals surface area contributed by atoms with Crippen LogP contribution in [-0.2, 0) is 23.7 Å². The van der Waals surface area contributed by atoms with Crippen LogP contribution in [0.1, 0.15) is 13.3 Å². The molecule has 2 heterocycles. The third-order valence-corrected chi connectivity index (χ3v) is 8.24. The smallest absolute Gasteiger partial charge is 0.187 e. The topological polar surface area (TPSA) is 329 Å². The third kappa shape index (κ3) is 14.0. The zero-order valence-corrected chi connectivity index (χ0v) is 33.2. The number of nitrogens with one attached hydrogen (secondary N) is 1. The van der Waals surface area contributed by atoms with Crippen LogP contribution in [0.15, 0.2) is 11.6 Å². The van der Waals surface area contributed by atoms with E-state index in [0.29, 0.717) is 0 Å². The van der Waals surface area contributed by atoms with Crippen LogP contribution in [0.5, 0.6) is 0 Å². The summed E-state index contributed by atoms with van der Waals surface area (Å²) in [6, 6.07) is -2.20. The lowest BCUT2D eigenvalue weighted by molar-refractivity contribution is -0.358. The molecule has 2 saturated heterocycles. The highest BCUT2D eigenvalue weighted by Gasteiger charge is 2.52. The van der Waals surface area contributed by atoms with Crippen molar-refractivity contribution in [3.05, 3.63) is 11.6 Å². The molecule has 1 aliphatic carbocycles. The Bertz CT molecular complexity index is 986. The second kappa shape index (κ2) is 26.6. The molecular weight excluding hydrogens is 807 g/mol. The van der Waals surface area contributed by atoms with Gasteiger partial charge in [0.05, 0.1) is 50.2 Å². The average Bonchev–Trinajstić information content (AvgIpc) is 3.03. The second-order valence-corrected chi connectivity index (χ2v) is 11.4. The highest BCUT2D eigenvalue weighted by Crippen LogP contribution is 2.31. The summed E-state index contributed by atoms with van der Waals surface area (Å²) in [7, 11) is 0. The minimum absolute atomic E-state index is 0. The molecule has 0 spiro atoms. The molecule has 51 heavy (non-hydrogen) atoms. The van der Waals surface area contributed by atoms with Crippen LogP contribution in [0, 0.1) is 0 Å². The summed E-state index contributed by atoms with van der Waals surface area (Å²) < 4.78 is 22.3. The van der Waals surface area contributed by atoms with Gasteiger partial charge in [-0.15, -0.1) is 0 Å². The number of aliphatic hydroxyl groups excluding tert-OH is 13. The number of carbonyl (C=O) groups excluding carboxylic acids is 1. The molecule has 14 N–H and O–H groups in total. The van der Waals surface area contributed by atoms with Crippen molar-refractivity contribution in [1.29, 1.82) is 0 Å². The lowest BCUT2D eigenvalue weighted by atomic mass is 9.86. The number of rotatable bonds is 14. The van der Waals surface area contributed by atoms with Crippen LogP contribution in [-0.4, -0.2) is 203 Å². The predicted molar refractivity (Wildman–Crippen MR) is 206 cm³/mol. The number of aldehydes is 1. The monoisotopic (exact) mass is 863 g/mol. The molecule has 0 aromatic carbocycles. The van der Waals surface area contributed by atoms with Crippen molar-refractivity contribution in [2.45, 2.75) is 123 Å². The van der Waals surface area contributed by atoms with E-state index in [4.69, 9.17) is 24.1 Å². The fourth-order valence-electron chi connectivity index (χ4n) is 5.51. The van der Waals surface area contributed by atoms with Crippen LogP contribution in [0.3, 0.4) is 0 Å². The first-order valence-electron chi connectivity index (χ1n) is 14.4. The van der Waals surface area contributed by atoms with Gasteiger partial charge in [-0.2, -0.15) is 81.0 Å². The van der Waals surface area contributed by atoms with Gasteiger partial charge in [0.1, 0.15) is 67.1 Å². The van der Waals surface area contributed by atoms with Crippen LogP contribution in [0.2, 0.25) is 0 Å². The Morgan fingerprint density at radius 2 is 1.37 bits per heavy atom. The lowest BCUT2D eigenvalue weighted by Gasteiger charge is -2.48. The molecule has 3 aliphatic rings. The average molecular weight is 864 g/mol. The summed E-state index contributed by atoms with van der Waals surface area (Å²) in [4.78, 5) is 11.0. The number of ether oxygens (including phenoxy) is 4. The van der Waals surface area contributed by atoms with Gasteiger partial charge >= 0.3 is 0 Å². The third-order valence-electron chi connectivity index (χ3n) is 8.24. The first-order chi connectivity index (χ1) is 21.2. The van der Waals surface area contributed by atoms with E-state index in [9.17, 15) is 66.1 Å². The van der Waals surface area contributed by atoms with Gasteiger partial charge in [-0.05, 0) is 12.5 Å². The Morgan fingerprint density at radius 3 is 1.88 bits per heavy atom. The number of aliphatic hydroxyl groups is 13. The van der Waals surface area contributed by atoms with Crippen molar-refractivity contribution in [3.8, 4) is 0 Å². The minimum Gasteiger partial charge on any atom is -0.394 e. The normalized spacial score (nSPS) is 38.5. The van der Waals surface area contributed by atoms with Crippen LogP contribution in [0.4, 0.5) is 0 Å². The van der Waals surface area contributed by atoms with E-state index in [1.165, 1.54) is 13.0 Å². The van der Waals surface area contributed by atoms with Gasteiger partial charge in [0.25, 0.3) is 0 Å². The van der Waals surface area contributed by atoms with Gasteiger partial charge < -0.3 is 95.4 Å². The van der Waals surface area contributed by atoms with E-state index in [0.717, 1.165) is 0 Å². The maximum Gasteiger partial charge on any atom is 0.187 e. The minimum atomic E-state index is -1.99. The molecule has 19 nitrogen and oxygen atoms in total. The standard InChI is InChI=1S/C26H45NO18.6H2S/c1-8-15(27-11-2-9(4-28)16(34)20(38)17(11)35)19(37)22(40)25(42-8)45-24-14(7-31)44-26(23(41)21(24)39)43-13(3-10(32)5-29)18(36)12(33)6-30;;;;;;/h2,6,8,10-29,31-41H,3-5,7H2,1H3;6*1H2/t8-,10+,11?,12?,13?,14?,15?,16?,17+,18?,19+,20-,21?,22?,23-,24?,25?,26+;;;;;;/m1....../s1. The summed E-state index contributed by atoms with van der Waals surface area (Å²) in [6.45, 7) is -0.817. The summed E-state index contributed by atoms with van der Waals surface area (Å²) in [5.41, 5.74) is 0.0124. The fraction of sp³-hybridized carbons (Fsp3) is 0.885. The molecule has 3 rings (SSSR count). The van der Waals surface area contributed by atoms with Crippen LogP contribution in [0.25, 0.3) is 0 Å². The van der Waals surface area contributed by atoms with Crippen molar-refractivity contribution in [2.24, 2.45) is 0 Å². The molecule has 0 amide bonds. The summed E-state index contributed by atoms with van der Waals surface area (Å²) >= 11 is 0. The SMILES string of the molecule is C[C@H]1OC(OC2C(CO)O[C@H](OC(C[C@H](O)CO)C(O)C(O)C=O)[C@H](O)C2O)C(O)[C@@H](O)C1NC1C=C(CO)C(O)[C@@H](O)[C@H]1O.S.S.S.S.S.S. The van der Waals surface area contributed by atoms with Gasteiger partial charge in [0.15, 0.2) is 18.9 Å². The maximum absolute atomic E-state index is 11.0. The highest BCUT2D eigenvalue weighted by molar-refractivity contribution is 7.60. The zero-order valence-electron chi connectivity index (χ0n) is 27.2. The Hall–Kier alpha value is 0.790. The van der Waals surface area contributed by atoms with Gasteiger partial charge in [0.2, 0.25) is 0 Å². The molecule has 0 aromatic rings. The molecule has 0 radical (unpaired) electrons. The summed E-state index contributed by atoms with van der Waals surface area (Å²) in [5, 5.41) is 135. The summed E-state index contributed by atoms with van der Waals surface area (Å²) in [5.74, 6) is 0. The molecule has 2 aliphatic heterocycles. The molecule has 2 fully saturated rings. The molecule has 18 atom stereocenters. The molecule has 0 saturated carbocycles. The first-order valence-corrected chi connectivity index (χ1v) is 14.4. The van der Waals surface area contributed by atoms with Gasteiger partial charge in [-0.25, -0.2) is 0 Å². The van der Waals surface area contributed by atoms with Gasteiger partial charge in [-0.3, -0.25) is 0 Å². The fourth-order valence-corrected chi connectivity index (χ4v) is 5.51. The Morgan fingerprint density at radius 1 is 0.804 bits per heavy atom. The Balaban J connectivity index is -0.00000184. The van der Waals surface area contributed by atoms with E-state index in [1.807, 2.05) is 0 Å². The van der Waals surface area contributed by atoms with Gasteiger partial charge in [0, 0.05) is 6.42 Å². The Labute approximate surface area is 336 Å². The lowest BCUT2D eigenvalue weighted by Crippen LogP contribution is -2.68. The van der Waals surface area contributed by atoms with Gasteiger partial charge in [-0.1, -0.05) is 6.08 Å². The molecule has 0 bridgehead atoms. The molecule has 25 heteroatoms. The van der Waals surface area contributed by atoms with E-state index in [1.54, 1.807) is 0 Å². The molecular formula is C26H57NO18S6. The zero-order chi connectivity index (χ0) is 33.7. The van der Waals surface area contributed by atoms with Crippen molar-refractivity contribution >= 4 is 87.3 Å². The van der Waals surface area contributed by atoms with Crippen molar-refractivity contribution in [1.82, 2.24) is 5.32 Å². The van der Waals surface area contributed by atoms with E-state index < -0.39 is 136 Å². The van der Waals surface area contributed by atoms with E-state index in [2.05, 4.69) is 5.32 Å². The van der Waals surface area contributed by atoms with Crippen molar-refractivity contribution < 1.29 is 90.1 Å². The maximum atomic E-state index is 11.0. The Kier molecular flexibility index (Phi) is 30.5. The predicted octanol–water partition coefficient (Wildman–Crippen LogP) is -7.65. The van der Waals surface area contributed by atoms with Crippen molar-refractivity contribution in [3.63, 3.8) is 0 Å². The van der Waals surface area contributed by atoms with Crippen molar-refractivity contribution in [2.75, 3.05) is 19.8 Å². The van der Waals surface area contributed by atoms with E-state index >= 15 is 0 Å². The summed E-state index contributed by atoms with van der Waals surface area (Å²) in [6.07, 6.45) is -26.1. The van der Waals surface area contributed by atoms with E-state index in [-0.39, 0.29) is 92.8 Å².